The zero-order valence-corrected chi connectivity index (χ0v) is 22.0. The molecular formula is C28H28BrFN2OSi. The van der Waals surface area contributed by atoms with Crippen molar-refractivity contribution >= 4 is 51.7 Å². The molecule has 3 nitrogen and oxygen atoms in total. The lowest BCUT2D eigenvalue weighted by Crippen LogP contribution is -2.43. The first-order valence-electron chi connectivity index (χ1n) is 11.4. The van der Waals surface area contributed by atoms with Crippen molar-refractivity contribution in [2.45, 2.75) is 32.0 Å². The third-order valence-electron chi connectivity index (χ3n) is 6.26. The van der Waals surface area contributed by atoms with Gasteiger partial charge in [0.1, 0.15) is 5.82 Å². The minimum Gasteiger partial charge on any atom is -0.324 e. The van der Waals surface area contributed by atoms with Crippen LogP contribution in [0.3, 0.4) is 0 Å². The van der Waals surface area contributed by atoms with Crippen LogP contribution in [-0.2, 0) is 11.2 Å². The SMILES string of the molecule is C[Si](C)(CC(CC(=O)Nc1cccc2cccnc12)Cc1ccc(Br)cc1F)c1ccccc1. The number of nitrogens with one attached hydrogen (secondary N) is 1. The maximum absolute atomic E-state index is 14.7. The topological polar surface area (TPSA) is 42.0 Å². The first kappa shape index (κ1) is 24.3. The number of hydrogen-bond donors (Lipinski definition) is 1. The molecule has 34 heavy (non-hydrogen) atoms. The van der Waals surface area contributed by atoms with Gasteiger partial charge in [0.2, 0.25) is 5.91 Å². The van der Waals surface area contributed by atoms with Crippen molar-refractivity contribution in [2.75, 3.05) is 5.32 Å². The summed E-state index contributed by atoms with van der Waals surface area (Å²) >= 11 is 3.34. The number of nitrogens with zero attached hydrogens (tertiary/aromatic N) is 1. The molecule has 0 fully saturated rings. The fourth-order valence-electron chi connectivity index (χ4n) is 4.61. The molecule has 4 rings (SSSR count). The Morgan fingerprint density at radius 1 is 1.03 bits per heavy atom. The highest BCUT2D eigenvalue weighted by Gasteiger charge is 2.29. The number of para-hydroxylation sites is 1. The number of aromatic nitrogens is 1. The Morgan fingerprint density at radius 2 is 1.79 bits per heavy atom. The quantitative estimate of drug-likeness (QED) is 0.249. The summed E-state index contributed by atoms with van der Waals surface area (Å²) in [6.45, 7) is 4.64. The fourth-order valence-corrected chi connectivity index (χ4v) is 8.01. The van der Waals surface area contributed by atoms with E-state index in [1.807, 2.05) is 48.5 Å². The number of pyridine rings is 1. The van der Waals surface area contributed by atoms with Crippen molar-refractivity contribution in [2.24, 2.45) is 5.92 Å². The van der Waals surface area contributed by atoms with Crippen molar-refractivity contribution in [3.63, 3.8) is 0 Å². The van der Waals surface area contributed by atoms with Crippen molar-refractivity contribution in [1.82, 2.24) is 4.98 Å². The third kappa shape index (κ3) is 5.99. The van der Waals surface area contributed by atoms with Crippen molar-refractivity contribution < 1.29 is 9.18 Å². The van der Waals surface area contributed by atoms with Gasteiger partial charge in [-0.2, -0.15) is 0 Å². The molecule has 0 spiro atoms. The number of benzene rings is 3. The molecule has 1 aromatic heterocycles. The molecular weight excluding hydrogens is 507 g/mol. The van der Waals surface area contributed by atoms with Gasteiger partial charge < -0.3 is 5.32 Å². The van der Waals surface area contributed by atoms with Gasteiger partial charge in [0, 0.05) is 22.5 Å². The molecule has 0 saturated carbocycles. The second-order valence-corrected chi connectivity index (χ2v) is 15.1. The number of amides is 1. The van der Waals surface area contributed by atoms with E-state index in [4.69, 9.17) is 0 Å². The lowest BCUT2D eigenvalue weighted by molar-refractivity contribution is -0.116. The predicted octanol–water partition coefficient (Wildman–Crippen LogP) is 6.94. The number of fused-ring (bicyclic) bond motifs is 1. The van der Waals surface area contributed by atoms with Crippen molar-refractivity contribution in [3.8, 4) is 0 Å². The lowest BCUT2D eigenvalue weighted by Gasteiger charge is -2.29. The monoisotopic (exact) mass is 534 g/mol. The summed E-state index contributed by atoms with van der Waals surface area (Å²) in [5, 5.41) is 5.38. The van der Waals surface area contributed by atoms with Gasteiger partial charge >= 0.3 is 0 Å². The van der Waals surface area contributed by atoms with E-state index in [1.165, 1.54) is 11.3 Å². The molecule has 174 valence electrons. The zero-order chi connectivity index (χ0) is 24.1. The third-order valence-corrected chi connectivity index (χ3v) is 10.2. The molecule has 1 atom stereocenters. The van der Waals surface area contributed by atoms with Gasteiger partial charge in [-0.15, -0.1) is 0 Å². The Morgan fingerprint density at radius 3 is 2.56 bits per heavy atom. The van der Waals surface area contributed by atoms with Crippen LogP contribution < -0.4 is 10.5 Å². The average molecular weight is 536 g/mol. The fraction of sp³-hybridized carbons (Fsp3) is 0.214. The molecule has 0 saturated heterocycles. The normalized spacial score (nSPS) is 12.5. The predicted molar refractivity (Wildman–Crippen MR) is 145 cm³/mol. The van der Waals surface area contributed by atoms with Crippen molar-refractivity contribution in [3.05, 3.63) is 101 Å². The molecule has 0 bridgehead atoms. The summed E-state index contributed by atoms with van der Waals surface area (Å²) in [7, 11) is -1.85. The van der Waals surface area contributed by atoms with Crippen LogP contribution in [0.4, 0.5) is 10.1 Å². The van der Waals surface area contributed by atoms with Gasteiger partial charge in [-0.1, -0.05) is 88.8 Å². The maximum atomic E-state index is 14.7. The van der Waals surface area contributed by atoms with Crippen LogP contribution in [0.1, 0.15) is 12.0 Å². The number of anilines is 1. The van der Waals surface area contributed by atoms with Gasteiger partial charge in [-0.05, 0) is 48.2 Å². The maximum Gasteiger partial charge on any atom is 0.224 e. The smallest absolute Gasteiger partial charge is 0.224 e. The van der Waals surface area contributed by atoms with E-state index in [0.29, 0.717) is 28.6 Å². The molecule has 4 aromatic rings. The molecule has 1 N–H and O–H groups in total. The Bertz CT molecular complexity index is 1290. The molecule has 1 heterocycles. The first-order valence-corrected chi connectivity index (χ1v) is 15.4. The van der Waals surface area contributed by atoms with Crippen LogP contribution in [0.25, 0.3) is 10.9 Å². The molecule has 0 aliphatic rings. The first-order chi connectivity index (χ1) is 16.3. The molecule has 1 amide bonds. The molecule has 0 aliphatic heterocycles. The number of carbonyl (C=O) groups is 1. The van der Waals surface area contributed by atoms with E-state index < -0.39 is 8.07 Å². The van der Waals surface area contributed by atoms with Crippen LogP contribution in [0, 0.1) is 11.7 Å². The second-order valence-electron chi connectivity index (χ2n) is 9.39. The van der Waals surface area contributed by atoms with Crippen LogP contribution in [0.15, 0.2) is 89.5 Å². The Balaban J connectivity index is 1.57. The van der Waals surface area contributed by atoms with Gasteiger partial charge in [0.25, 0.3) is 0 Å². The Kier molecular flexibility index (Phi) is 7.59. The van der Waals surface area contributed by atoms with Gasteiger partial charge in [0.05, 0.1) is 19.3 Å². The summed E-state index contributed by atoms with van der Waals surface area (Å²) in [5.41, 5.74) is 2.12. The van der Waals surface area contributed by atoms with E-state index in [9.17, 15) is 9.18 Å². The minimum absolute atomic E-state index is 0.0143. The number of hydrogen-bond acceptors (Lipinski definition) is 2. The van der Waals surface area contributed by atoms with Gasteiger partial charge in [-0.3, -0.25) is 9.78 Å². The number of carbonyl (C=O) groups excluding carboxylic acids is 1. The molecule has 0 radical (unpaired) electrons. The van der Waals surface area contributed by atoms with E-state index >= 15 is 0 Å². The summed E-state index contributed by atoms with van der Waals surface area (Å²) in [4.78, 5) is 17.6. The summed E-state index contributed by atoms with van der Waals surface area (Å²) in [6, 6.07) is 26.2. The molecule has 0 aliphatic carbocycles. The van der Waals surface area contributed by atoms with Gasteiger partial charge in [0.15, 0.2) is 0 Å². The van der Waals surface area contributed by atoms with E-state index in [1.54, 1.807) is 6.20 Å². The summed E-state index contributed by atoms with van der Waals surface area (Å²) in [5.74, 6) is -0.295. The zero-order valence-electron chi connectivity index (χ0n) is 19.4. The van der Waals surface area contributed by atoms with E-state index in [2.05, 4.69) is 63.6 Å². The standard InChI is InChI=1S/C28H28BrFN2OSi/c1-34(2,24-10-4-3-5-11-24)19-20(16-22-13-14-23(29)18-25(22)30)17-27(33)32-26-12-6-8-21-9-7-15-31-28(21)26/h3-15,18,20H,16-17,19H2,1-2H3,(H,32,33). The second kappa shape index (κ2) is 10.6. The average Bonchev–Trinajstić information content (AvgIpc) is 2.81. The van der Waals surface area contributed by atoms with Crippen molar-refractivity contribution in [1.29, 1.82) is 0 Å². The Hall–Kier alpha value is -2.83. The largest absolute Gasteiger partial charge is 0.324 e. The summed E-state index contributed by atoms with van der Waals surface area (Å²) in [6.07, 6.45) is 2.57. The lowest BCUT2D eigenvalue weighted by atomic mass is 9.97. The summed E-state index contributed by atoms with van der Waals surface area (Å²) < 4.78 is 15.4. The highest BCUT2D eigenvalue weighted by molar-refractivity contribution is 9.10. The highest BCUT2D eigenvalue weighted by Crippen LogP contribution is 2.28. The minimum atomic E-state index is -1.85. The highest BCUT2D eigenvalue weighted by atomic mass is 79.9. The van der Waals surface area contributed by atoms with Crippen LogP contribution in [0.2, 0.25) is 19.1 Å². The van der Waals surface area contributed by atoms with Crippen LogP contribution in [0.5, 0.6) is 0 Å². The van der Waals surface area contributed by atoms with E-state index in [0.717, 1.165) is 16.9 Å². The molecule has 3 aromatic carbocycles. The molecule has 1 unspecified atom stereocenters. The van der Waals surface area contributed by atoms with Crippen LogP contribution >= 0.6 is 15.9 Å². The van der Waals surface area contributed by atoms with Crippen LogP contribution in [-0.4, -0.2) is 19.0 Å². The molecule has 6 heteroatoms. The number of rotatable bonds is 8. The van der Waals surface area contributed by atoms with E-state index in [-0.39, 0.29) is 17.6 Å². The Labute approximate surface area is 209 Å². The number of halogens is 2. The van der Waals surface area contributed by atoms with Gasteiger partial charge in [-0.25, -0.2) is 4.39 Å².